The van der Waals surface area contributed by atoms with Crippen LogP contribution in [0.1, 0.15) is 17.0 Å². The second-order valence-corrected chi connectivity index (χ2v) is 3.95. The topological polar surface area (TPSA) is 66.5 Å². The highest BCUT2D eigenvalue weighted by Gasteiger charge is 2.13. The number of hydrogen-bond donors (Lipinski definition) is 3. The summed E-state index contributed by atoms with van der Waals surface area (Å²) in [5.74, 6) is -0.197. The van der Waals surface area contributed by atoms with Gasteiger partial charge in [0.15, 0.2) is 11.5 Å². The van der Waals surface area contributed by atoms with Gasteiger partial charge in [-0.05, 0) is 23.3 Å². The van der Waals surface area contributed by atoms with Crippen LogP contribution in [0, 0.1) is 0 Å². The molecule has 0 unspecified atom stereocenters. The zero-order chi connectivity index (χ0) is 12.3. The van der Waals surface area contributed by atoms with E-state index >= 15 is 0 Å². The summed E-state index contributed by atoms with van der Waals surface area (Å²) in [6.45, 7) is 0.453. The SMILES string of the molecule is NC[C@H](c1ccccc1)c1ccc(O)c(O)c1. The molecule has 3 heteroatoms. The Hall–Kier alpha value is -2.00. The predicted octanol–water partition coefficient (Wildman–Crippen LogP) is 2.19. The summed E-state index contributed by atoms with van der Waals surface area (Å²) in [7, 11) is 0. The Morgan fingerprint density at radius 1 is 0.882 bits per heavy atom. The van der Waals surface area contributed by atoms with Crippen molar-refractivity contribution in [1.82, 2.24) is 0 Å². The minimum Gasteiger partial charge on any atom is -0.504 e. The van der Waals surface area contributed by atoms with Gasteiger partial charge in [-0.3, -0.25) is 0 Å². The third kappa shape index (κ3) is 2.40. The lowest BCUT2D eigenvalue weighted by molar-refractivity contribution is 0.403. The van der Waals surface area contributed by atoms with E-state index < -0.39 is 0 Å². The quantitative estimate of drug-likeness (QED) is 0.707. The van der Waals surface area contributed by atoms with Crippen molar-refractivity contribution in [3.8, 4) is 11.5 Å². The smallest absolute Gasteiger partial charge is 0.157 e. The summed E-state index contributed by atoms with van der Waals surface area (Å²) < 4.78 is 0. The third-order valence-corrected chi connectivity index (χ3v) is 2.84. The van der Waals surface area contributed by atoms with E-state index in [1.54, 1.807) is 12.1 Å². The molecule has 0 saturated carbocycles. The number of aromatic hydroxyl groups is 2. The molecule has 2 aromatic carbocycles. The summed E-state index contributed by atoms with van der Waals surface area (Å²) in [5.41, 5.74) is 7.78. The number of rotatable bonds is 3. The van der Waals surface area contributed by atoms with E-state index in [0.29, 0.717) is 6.54 Å². The first kappa shape index (κ1) is 11.5. The molecule has 0 spiro atoms. The second-order valence-electron chi connectivity index (χ2n) is 3.95. The third-order valence-electron chi connectivity index (χ3n) is 2.84. The molecule has 0 aliphatic heterocycles. The highest BCUT2D eigenvalue weighted by molar-refractivity contribution is 5.44. The highest BCUT2D eigenvalue weighted by atomic mass is 16.3. The Balaban J connectivity index is 2.39. The molecule has 3 nitrogen and oxygen atoms in total. The number of phenolic OH excluding ortho intramolecular Hbond substituents is 2. The van der Waals surface area contributed by atoms with Gasteiger partial charge in [-0.2, -0.15) is 0 Å². The van der Waals surface area contributed by atoms with Crippen molar-refractivity contribution in [3.05, 3.63) is 59.7 Å². The summed E-state index contributed by atoms with van der Waals surface area (Å²) in [6.07, 6.45) is 0. The van der Waals surface area contributed by atoms with Crippen molar-refractivity contribution in [2.24, 2.45) is 5.73 Å². The molecule has 1 atom stereocenters. The Morgan fingerprint density at radius 2 is 1.59 bits per heavy atom. The van der Waals surface area contributed by atoms with Crippen LogP contribution in [0.15, 0.2) is 48.5 Å². The molecule has 0 amide bonds. The molecule has 0 radical (unpaired) electrons. The Labute approximate surface area is 100 Å². The second kappa shape index (κ2) is 4.89. The minimum absolute atomic E-state index is 0.0303. The summed E-state index contributed by atoms with van der Waals surface area (Å²) in [6, 6.07) is 14.7. The first-order valence-corrected chi connectivity index (χ1v) is 5.49. The van der Waals surface area contributed by atoms with Gasteiger partial charge in [-0.25, -0.2) is 0 Å². The van der Waals surface area contributed by atoms with E-state index in [1.165, 1.54) is 6.07 Å². The molecule has 0 saturated heterocycles. The fraction of sp³-hybridized carbons (Fsp3) is 0.143. The molecule has 17 heavy (non-hydrogen) atoms. The van der Waals surface area contributed by atoms with E-state index in [0.717, 1.165) is 11.1 Å². The summed E-state index contributed by atoms with van der Waals surface area (Å²) in [5, 5.41) is 18.8. The zero-order valence-electron chi connectivity index (χ0n) is 9.38. The van der Waals surface area contributed by atoms with E-state index in [9.17, 15) is 10.2 Å². The van der Waals surface area contributed by atoms with Crippen molar-refractivity contribution in [2.45, 2.75) is 5.92 Å². The van der Waals surface area contributed by atoms with Gasteiger partial charge in [0.25, 0.3) is 0 Å². The van der Waals surface area contributed by atoms with Crippen LogP contribution in [0.4, 0.5) is 0 Å². The van der Waals surface area contributed by atoms with Gasteiger partial charge in [0, 0.05) is 12.5 Å². The molecule has 0 fully saturated rings. The van der Waals surface area contributed by atoms with Crippen LogP contribution in [0.5, 0.6) is 11.5 Å². The van der Waals surface area contributed by atoms with Crippen molar-refractivity contribution < 1.29 is 10.2 Å². The summed E-state index contributed by atoms with van der Waals surface area (Å²) in [4.78, 5) is 0. The number of phenols is 2. The fourth-order valence-corrected chi connectivity index (χ4v) is 1.91. The normalized spacial score (nSPS) is 12.3. The maximum atomic E-state index is 9.50. The van der Waals surface area contributed by atoms with Crippen molar-refractivity contribution in [3.63, 3.8) is 0 Å². The predicted molar refractivity (Wildman–Crippen MR) is 67.1 cm³/mol. The lowest BCUT2D eigenvalue weighted by Gasteiger charge is -2.16. The molecule has 88 valence electrons. The molecule has 0 heterocycles. The Bertz CT molecular complexity index is 497. The molecule has 4 N–H and O–H groups in total. The molecule has 0 aliphatic carbocycles. The van der Waals surface area contributed by atoms with Crippen LogP contribution in [-0.4, -0.2) is 16.8 Å². The number of benzene rings is 2. The zero-order valence-corrected chi connectivity index (χ0v) is 9.38. The maximum absolute atomic E-state index is 9.50. The van der Waals surface area contributed by atoms with Gasteiger partial charge in [0.05, 0.1) is 0 Å². The maximum Gasteiger partial charge on any atom is 0.157 e. The van der Waals surface area contributed by atoms with Crippen LogP contribution in [0.25, 0.3) is 0 Å². The van der Waals surface area contributed by atoms with Crippen LogP contribution in [0.3, 0.4) is 0 Å². The summed E-state index contributed by atoms with van der Waals surface area (Å²) >= 11 is 0. The Morgan fingerprint density at radius 3 is 2.18 bits per heavy atom. The Kier molecular flexibility index (Phi) is 3.30. The molecule has 0 aliphatic rings. The molecular weight excluding hydrogens is 214 g/mol. The van der Waals surface area contributed by atoms with Crippen molar-refractivity contribution >= 4 is 0 Å². The van der Waals surface area contributed by atoms with Gasteiger partial charge in [0.1, 0.15) is 0 Å². The lowest BCUT2D eigenvalue weighted by Crippen LogP contribution is -2.13. The first-order valence-electron chi connectivity index (χ1n) is 5.49. The van der Waals surface area contributed by atoms with Gasteiger partial charge in [-0.15, -0.1) is 0 Å². The van der Waals surface area contributed by atoms with Crippen LogP contribution in [0.2, 0.25) is 0 Å². The highest BCUT2D eigenvalue weighted by Crippen LogP contribution is 2.31. The van der Waals surface area contributed by atoms with Crippen molar-refractivity contribution in [2.75, 3.05) is 6.54 Å². The van der Waals surface area contributed by atoms with Crippen molar-refractivity contribution in [1.29, 1.82) is 0 Å². The largest absolute Gasteiger partial charge is 0.504 e. The molecule has 0 aromatic heterocycles. The fourth-order valence-electron chi connectivity index (χ4n) is 1.91. The van der Waals surface area contributed by atoms with Crippen LogP contribution < -0.4 is 5.73 Å². The van der Waals surface area contributed by atoms with Crippen LogP contribution >= 0.6 is 0 Å². The average molecular weight is 229 g/mol. The average Bonchev–Trinajstić information content (AvgIpc) is 2.36. The minimum atomic E-state index is -0.114. The number of hydrogen-bond acceptors (Lipinski definition) is 3. The van der Waals surface area contributed by atoms with E-state index in [1.807, 2.05) is 30.3 Å². The molecule has 2 rings (SSSR count). The molecule has 2 aromatic rings. The monoisotopic (exact) mass is 229 g/mol. The molecule has 0 bridgehead atoms. The van der Waals surface area contributed by atoms with E-state index in [2.05, 4.69) is 0 Å². The first-order chi connectivity index (χ1) is 8.22. The standard InChI is InChI=1S/C14H15NO2/c15-9-12(10-4-2-1-3-5-10)11-6-7-13(16)14(17)8-11/h1-8,12,16-17H,9,15H2/t12-/m1/s1. The van der Waals surface area contributed by atoms with E-state index in [4.69, 9.17) is 5.73 Å². The van der Waals surface area contributed by atoms with E-state index in [-0.39, 0.29) is 17.4 Å². The molecular formula is C14H15NO2. The van der Waals surface area contributed by atoms with Gasteiger partial charge in [0.2, 0.25) is 0 Å². The van der Waals surface area contributed by atoms with Gasteiger partial charge < -0.3 is 15.9 Å². The number of nitrogens with two attached hydrogens (primary N) is 1. The van der Waals surface area contributed by atoms with Gasteiger partial charge in [-0.1, -0.05) is 36.4 Å². The van der Waals surface area contributed by atoms with Gasteiger partial charge >= 0.3 is 0 Å². The van der Waals surface area contributed by atoms with Crippen LogP contribution in [-0.2, 0) is 0 Å². The lowest BCUT2D eigenvalue weighted by atomic mass is 9.91.